The third-order valence-electron chi connectivity index (χ3n) is 3.98. The van der Waals surface area contributed by atoms with Gasteiger partial charge in [0.15, 0.2) is 0 Å². The maximum absolute atomic E-state index is 12.2. The molecule has 0 N–H and O–H groups in total. The van der Waals surface area contributed by atoms with E-state index in [4.69, 9.17) is 0 Å². The number of alkyl halides is 1. The molecule has 25 heavy (non-hydrogen) atoms. The summed E-state index contributed by atoms with van der Waals surface area (Å²) in [6.07, 6.45) is 4.89. The van der Waals surface area contributed by atoms with Crippen molar-refractivity contribution < 1.29 is 4.39 Å². The van der Waals surface area contributed by atoms with Gasteiger partial charge in [0.05, 0.1) is 18.1 Å². The third-order valence-corrected chi connectivity index (χ3v) is 3.98. The van der Waals surface area contributed by atoms with E-state index in [2.05, 4.69) is 21.1 Å². The molecule has 0 saturated heterocycles. The van der Waals surface area contributed by atoms with Crippen molar-refractivity contribution in [3.63, 3.8) is 0 Å². The second-order valence-corrected chi connectivity index (χ2v) is 6.10. The smallest absolute Gasteiger partial charge is 0.132 e. The highest BCUT2D eigenvalue weighted by atomic mass is 19.1. The van der Waals surface area contributed by atoms with Crippen molar-refractivity contribution in [3.8, 4) is 22.5 Å². The topological polar surface area (TPSA) is 46.8 Å². The molecule has 2 heterocycles. The molecule has 0 bridgehead atoms. The summed E-state index contributed by atoms with van der Waals surface area (Å²) < 4.78 is 14.1. The van der Waals surface area contributed by atoms with Gasteiger partial charge >= 0.3 is 0 Å². The molecule has 0 fully saturated rings. The molecule has 3 aromatic rings. The van der Waals surface area contributed by atoms with E-state index in [1.165, 1.54) is 0 Å². The summed E-state index contributed by atoms with van der Waals surface area (Å²) in [5.74, 6) is 0.868. The molecule has 0 aliphatic carbocycles. The molecule has 0 unspecified atom stereocenters. The van der Waals surface area contributed by atoms with Gasteiger partial charge in [-0.2, -0.15) is 5.10 Å². The summed E-state index contributed by atoms with van der Waals surface area (Å²) in [7, 11) is 3.91. The number of unbranched alkanes of at least 4 members (excludes halogenated alkanes) is 1. The monoisotopic (exact) mass is 339 g/mol. The number of aryl methyl sites for hydroxylation is 1. The Kier molecular flexibility index (Phi) is 5.38. The van der Waals surface area contributed by atoms with Gasteiger partial charge in [0, 0.05) is 44.0 Å². The zero-order valence-corrected chi connectivity index (χ0v) is 14.6. The summed E-state index contributed by atoms with van der Waals surface area (Å²) in [5, 5.41) is 4.59. The van der Waals surface area contributed by atoms with Crippen LogP contribution in [0.4, 0.5) is 10.2 Å². The third kappa shape index (κ3) is 4.21. The van der Waals surface area contributed by atoms with Crippen LogP contribution in [0.1, 0.15) is 12.8 Å². The zero-order valence-electron chi connectivity index (χ0n) is 14.6. The van der Waals surface area contributed by atoms with Crippen molar-refractivity contribution in [1.29, 1.82) is 0 Å². The van der Waals surface area contributed by atoms with Gasteiger partial charge in [-0.3, -0.25) is 9.07 Å². The van der Waals surface area contributed by atoms with E-state index in [0.717, 1.165) is 41.3 Å². The van der Waals surface area contributed by atoms with Crippen molar-refractivity contribution in [1.82, 2.24) is 19.7 Å². The number of hydrogen-bond donors (Lipinski definition) is 0. The van der Waals surface area contributed by atoms with E-state index in [1.807, 2.05) is 60.2 Å². The lowest BCUT2D eigenvalue weighted by Gasteiger charge is -2.11. The molecule has 0 radical (unpaired) electrons. The number of benzene rings is 1. The van der Waals surface area contributed by atoms with Gasteiger partial charge in [0.2, 0.25) is 0 Å². The molecule has 2 aromatic heterocycles. The van der Waals surface area contributed by atoms with Crippen LogP contribution < -0.4 is 4.90 Å². The standard InChI is InChI=1S/C19H22FN5/c1-24(2)19-13-18(21-14-22-19)16-7-5-6-15(12-16)17-8-11-25(23-17)10-4-3-9-20/h5-8,11-14H,3-4,9-10H2,1-2H3. The lowest BCUT2D eigenvalue weighted by Crippen LogP contribution is -2.10. The SMILES string of the molecule is CN(C)c1cc(-c2cccc(-c3ccn(CCCCF)n3)c2)ncn1. The van der Waals surface area contributed by atoms with Crippen LogP contribution in [0.2, 0.25) is 0 Å². The first-order valence-electron chi connectivity index (χ1n) is 8.37. The molecule has 0 aliphatic rings. The van der Waals surface area contributed by atoms with Crippen LogP contribution in [0.5, 0.6) is 0 Å². The normalized spacial score (nSPS) is 10.8. The van der Waals surface area contributed by atoms with Crippen molar-refractivity contribution in [2.75, 3.05) is 25.7 Å². The fraction of sp³-hybridized carbons (Fsp3) is 0.316. The molecule has 1 aromatic carbocycles. The minimum absolute atomic E-state index is 0.274. The fourth-order valence-electron chi connectivity index (χ4n) is 2.60. The molecule has 6 heteroatoms. The van der Waals surface area contributed by atoms with Gasteiger partial charge < -0.3 is 4.90 Å². The van der Waals surface area contributed by atoms with E-state index < -0.39 is 0 Å². The van der Waals surface area contributed by atoms with Crippen LogP contribution in [-0.2, 0) is 6.54 Å². The van der Waals surface area contributed by atoms with Crippen LogP contribution >= 0.6 is 0 Å². The predicted octanol–water partition coefficient (Wildman–Crippen LogP) is 3.82. The number of aromatic nitrogens is 4. The Labute approximate surface area is 147 Å². The van der Waals surface area contributed by atoms with E-state index in [0.29, 0.717) is 6.42 Å². The number of rotatable bonds is 7. The minimum atomic E-state index is -0.274. The molecule has 3 rings (SSSR count). The van der Waals surface area contributed by atoms with Gasteiger partial charge in [-0.15, -0.1) is 0 Å². The Morgan fingerprint density at radius 1 is 1.00 bits per heavy atom. The Morgan fingerprint density at radius 2 is 1.80 bits per heavy atom. The Hall–Kier alpha value is -2.76. The van der Waals surface area contributed by atoms with Gasteiger partial charge in [-0.25, -0.2) is 9.97 Å². The van der Waals surface area contributed by atoms with Crippen LogP contribution in [0.3, 0.4) is 0 Å². The summed E-state index contributed by atoms with van der Waals surface area (Å²) in [4.78, 5) is 10.6. The highest BCUT2D eigenvalue weighted by molar-refractivity contribution is 5.70. The molecule has 0 amide bonds. The maximum atomic E-state index is 12.2. The second-order valence-electron chi connectivity index (χ2n) is 6.10. The zero-order chi connectivity index (χ0) is 17.6. The Bertz CT molecular complexity index is 828. The average Bonchev–Trinajstić information content (AvgIpc) is 3.11. The fourth-order valence-corrected chi connectivity index (χ4v) is 2.60. The summed E-state index contributed by atoms with van der Waals surface area (Å²) in [6, 6.07) is 12.1. The number of hydrogen-bond acceptors (Lipinski definition) is 4. The molecule has 0 saturated carbocycles. The van der Waals surface area contributed by atoms with Crippen LogP contribution in [0.15, 0.2) is 48.9 Å². The lowest BCUT2D eigenvalue weighted by molar-refractivity contribution is 0.440. The van der Waals surface area contributed by atoms with Crippen LogP contribution in [-0.4, -0.2) is 40.5 Å². The molecular weight excluding hydrogens is 317 g/mol. The molecule has 0 spiro atoms. The summed E-state index contributed by atoms with van der Waals surface area (Å²) in [6.45, 7) is 0.464. The second kappa shape index (κ2) is 7.88. The van der Waals surface area contributed by atoms with Crippen LogP contribution in [0.25, 0.3) is 22.5 Å². The maximum Gasteiger partial charge on any atom is 0.132 e. The minimum Gasteiger partial charge on any atom is -0.363 e. The number of anilines is 1. The van der Waals surface area contributed by atoms with E-state index in [9.17, 15) is 4.39 Å². The van der Waals surface area contributed by atoms with Crippen molar-refractivity contribution in [2.45, 2.75) is 19.4 Å². The van der Waals surface area contributed by atoms with Gasteiger partial charge in [-0.05, 0) is 25.0 Å². The Balaban J connectivity index is 1.83. The largest absolute Gasteiger partial charge is 0.363 e. The first-order chi connectivity index (χ1) is 12.2. The highest BCUT2D eigenvalue weighted by Gasteiger charge is 2.07. The Morgan fingerprint density at radius 3 is 2.56 bits per heavy atom. The van der Waals surface area contributed by atoms with Gasteiger partial charge in [-0.1, -0.05) is 18.2 Å². The number of halogens is 1. The first-order valence-corrected chi connectivity index (χ1v) is 8.37. The van der Waals surface area contributed by atoms with Gasteiger partial charge in [0.1, 0.15) is 12.1 Å². The van der Waals surface area contributed by atoms with E-state index >= 15 is 0 Å². The molecule has 0 aliphatic heterocycles. The van der Waals surface area contributed by atoms with Crippen molar-refractivity contribution in [3.05, 3.63) is 48.9 Å². The molecule has 0 atom stereocenters. The predicted molar refractivity (Wildman–Crippen MR) is 98.2 cm³/mol. The number of nitrogens with zero attached hydrogens (tertiary/aromatic N) is 5. The van der Waals surface area contributed by atoms with Gasteiger partial charge in [0.25, 0.3) is 0 Å². The molecular formula is C19H22FN5. The average molecular weight is 339 g/mol. The first kappa shape index (κ1) is 17.1. The molecule has 130 valence electrons. The van der Waals surface area contributed by atoms with E-state index in [-0.39, 0.29) is 6.67 Å². The van der Waals surface area contributed by atoms with Crippen molar-refractivity contribution in [2.24, 2.45) is 0 Å². The van der Waals surface area contributed by atoms with Crippen molar-refractivity contribution >= 4 is 5.82 Å². The molecule has 5 nitrogen and oxygen atoms in total. The van der Waals surface area contributed by atoms with E-state index in [1.54, 1.807) is 6.33 Å². The van der Waals surface area contributed by atoms with Crippen LogP contribution in [0, 0.1) is 0 Å². The highest BCUT2D eigenvalue weighted by Crippen LogP contribution is 2.25. The lowest BCUT2D eigenvalue weighted by atomic mass is 10.1. The summed E-state index contributed by atoms with van der Waals surface area (Å²) in [5.41, 5.74) is 3.84. The summed E-state index contributed by atoms with van der Waals surface area (Å²) >= 11 is 0. The quantitative estimate of drug-likeness (QED) is 0.614.